The van der Waals surface area contributed by atoms with Crippen molar-refractivity contribution in [2.75, 3.05) is 21.2 Å². The quantitative estimate of drug-likeness (QED) is 0.814. The lowest BCUT2D eigenvalue weighted by Gasteiger charge is -2.14. The van der Waals surface area contributed by atoms with Crippen molar-refractivity contribution in [2.24, 2.45) is 5.92 Å². The van der Waals surface area contributed by atoms with E-state index in [1.807, 2.05) is 42.5 Å². The van der Waals surface area contributed by atoms with E-state index in [4.69, 9.17) is 4.74 Å². The summed E-state index contributed by atoms with van der Waals surface area (Å²) >= 11 is 0. The van der Waals surface area contributed by atoms with Gasteiger partial charge in [0, 0.05) is 21.2 Å². The van der Waals surface area contributed by atoms with Crippen LogP contribution in [0.3, 0.4) is 0 Å². The molecule has 2 atom stereocenters. The molecule has 0 N–H and O–H groups in total. The molecular weight excluding hydrogens is 226 g/mol. The molecule has 18 heavy (non-hydrogen) atoms. The van der Waals surface area contributed by atoms with Gasteiger partial charge in [0.2, 0.25) is 5.91 Å². The largest absolute Gasteiger partial charge is 0.373 e. The molecule has 1 fully saturated rings. The van der Waals surface area contributed by atoms with Crippen LogP contribution in [0.4, 0.5) is 0 Å². The van der Waals surface area contributed by atoms with E-state index in [9.17, 15) is 4.79 Å². The third-order valence-electron chi connectivity index (χ3n) is 3.43. The molecule has 0 aromatic heterocycles. The van der Waals surface area contributed by atoms with Crippen LogP contribution in [0.2, 0.25) is 0 Å². The predicted molar refractivity (Wildman–Crippen MR) is 72.0 cm³/mol. The lowest BCUT2D eigenvalue weighted by Crippen LogP contribution is -2.28. The maximum absolute atomic E-state index is 11.9. The lowest BCUT2D eigenvalue weighted by molar-refractivity contribution is -0.131. The van der Waals surface area contributed by atoms with E-state index < -0.39 is 5.60 Å². The number of carbonyl (C=O) groups is 1. The molecule has 0 radical (unpaired) electrons. The third kappa shape index (κ3) is 2.46. The van der Waals surface area contributed by atoms with E-state index >= 15 is 0 Å². The Morgan fingerprint density at radius 1 is 1.39 bits per heavy atom. The van der Waals surface area contributed by atoms with Crippen molar-refractivity contribution in [3.8, 4) is 0 Å². The van der Waals surface area contributed by atoms with Gasteiger partial charge in [-0.1, -0.05) is 42.5 Å². The molecule has 1 saturated carbocycles. The smallest absolute Gasteiger partial charge is 0.228 e. The van der Waals surface area contributed by atoms with Crippen molar-refractivity contribution in [3.05, 3.63) is 42.0 Å². The molecule has 3 heteroatoms. The number of carbonyl (C=O) groups excluding carboxylic acids is 1. The van der Waals surface area contributed by atoms with Crippen LogP contribution in [0, 0.1) is 5.92 Å². The van der Waals surface area contributed by atoms with E-state index in [0.29, 0.717) is 0 Å². The van der Waals surface area contributed by atoms with Crippen LogP contribution in [0.15, 0.2) is 36.4 Å². The fourth-order valence-electron chi connectivity index (χ4n) is 2.15. The molecular formula is C15H19NO2. The van der Waals surface area contributed by atoms with Crippen LogP contribution in [-0.4, -0.2) is 37.6 Å². The van der Waals surface area contributed by atoms with Crippen LogP contribution in [0.5, 0.6) is 0 Å². The molecule has 3 nitrogen and oxygen atoms in total. The van der Waals surface area contributed by atoms with Crippen LogP contribution in [0.1, 0.15) is 12.0 Å². The molecule has 0 saturated heterocycles. The summed E-state index contributed by atoms with van der Waals surface area (Å²) in [6.45, 7) is 0. The van der Waals surface area contributed by atoms with E-state index in [1.165, 1.54) is 0 Å². The van der Waals surface area contributed by atoms with Gasteiger partial charge in [-0.2, -0.15) is 0 Å². The topological polar surface area (TPSA) is 29.5 Å². The first-order valence-corrected chi connectivity index (χ1v) is 6.10. The van der Waals surface area contributed by atoms with Gasteiger partial charge >= 0.3 is 0 Å². The zero-order valence-electron chi connectivity index (χ0n) is 11.1. The van der Waals surface area contributed by atoms with Gasteiger partial charge in [0.25, 0.3) is 0 Å². The van der Waals surface area contributed by atoms with Gasteiger partial charge < -0.3 is 9.64 Å². The highest BCUT2D eigenvalue weighted by Crippen LogP contribution is 2.48. The van der Waals surface area contributed by atoms with E-state index in [1.54, 1.807) is 26.1 Å². The first-order valence-electron chi connectivity index (χ1n) is 6.10. The van der Waals surface area contributed by atoms with E-state index in [2.05, 4.69) is 0 Å². The fourth-order valence-corrected chi connectivity index (χ4v) is 2.15. The van der Waals surface area contributed by atoms with E-state index in [-0.39, 0.29) is 11.8 Å². The summed E-state index contributed by atoms with van der Waals surface area (Å²) in [6.07, 6.45) is 4.80. The fraction of sp³-hybridized carbons (Fsp3) is 0.400. The van der Waals surface area contributed by atoms with Crippen LogP contribution in [-0.2, 0) is 9.53 Å². The Bertz CT molecular complexity index is 453. The van der Waals surface area contributed by atoms with Gasteiger partial charge in [-0.3, -0.25) is 4.79 Å². The molecule has 0 aliphatic heterocycles. The summed E-state index contributed by atoms with van der Waals surface area (Å²) < 4.78 is 5.52. The summed E-state index contributed by atoms with van der Waals surface area (Å²) in [5, 5.41) is 0. The molecule has 1 aromatic rings. The average molecular weight is 245 g/mol. The minimum absolute atomic E-state index is 0.0440. The van der Waals surface area contributed by atoms with Gasteiger partial charge in [0.15, 0.2) is 0 Å². The number of amides is 1. The number of hydrogen-bond acceptors (Lipinski definition) is 2. The molecule has 0 bridgehead atoms. The van der Waals surface area contributed by atoms with Crippen molar-refractivity contribution in [2.45, 2.75) is 12.0 Å². The van der Waals surface area contributed by atoms with Gasteiger partial charge in [-0.05, 0) is 12.0 Å². The van der Waals surface area contributed by atoms with Crippen molar-refractivity contribution in [3.63, 3.8) is 0 Å². The Hall–Kier alpha value is -1.61. The standard InChI is InChI=1S/C15H19NO2/c1-16(2)14(17)13-11-15(13,18-3)10-9-12-7-5-4-6-8-12/h4-10,13H,11H2,1-3H3/b10-9+/t13-,15-/m1/s1. The molecule has 1 aliphatic carbocycles. The SMILES string of the molecule is CO[C@]1(/C=C/c2ccccc2)C[C@@H]1C(=O)N(C)C. The molecule has 1 aromatic carbocycles. The zero-order chi connectivity index (χ0) is 13.2. The van der Waals surface area contributed by atoms with Crippen LogP contribution >= 0.6 is 0 Å². The van der Waals surface area contributed by atoms with Gasteiger partial charge in [0.05, 0.1) is 11.5 Å². The minimum Gasteiger partial charge on any atom is -0.373 e. The van der Waals surface area contributed by atoms with Crippen molar-refractivity contribution >= 4 is 12.0 Å². The first kappa shape index (κ1) is 12.8. The monoisotopic (exact) mass is 245 g/mol. The molecule has 0 spiro atoms. The van der Waals surface area contributed by atoms with Gasteiger partial charge in [-0.15, -0.1) is 0 Å². The highest BCUT2D eigenvalue weighted by Gasteiger charge is 2.57. The Kier molecular flexibility index (Phi) is 3.53. The molecule has 1 amide bonds. The highest BCUT2D eigenvalue weighted by molar-refractivity contribution is 5.84. The summed E-state index contributed by atoms with van der Waals surface area (Å²) in [5.74, 6) is 0.0898. The van der Waals surface area contributed by atoms with Gasteiger partial charge in [-0.25, -0.2) is 0 Å². The second-order valence-electron chi connectivity index (χ2n) is 4.89. The average Bonchev–Trinajstić information content (AvgIpc) is 3.12. The molecule has 0 heterocycles. The summed E-state index contributed by atoms with van der Waals surface area (Å²) in [6, 6.07) is 10.0. The second-order valence-corrected chi connectivity index (χ2v) is 4.89. The molecule has 0 unspecified atom stereocenters. The number of methoxy groups -OCH3 is 1. The molecule has 96 valence electrons. The molecule has 1 aliphatic rings. The Morgan fingerprint density at radius 2 is 2.06 bits per heavy atom. The highest BCUT2D eigenvalue weighted by atomic mass is 16.5. The number of ether oxygens (including phenoxy) is 1. The number of rotatable bonds is 4. The molecule has 2 rings (SSSR count). The van der Waals surface area contributed by atoms with Crippen molar-refractivity contribution in [1.29, 1.82) is 0 Å². The zero-order valence-corrected chi connectivity index (χ0v) is 11.1. The van der Waals surface area contributed by atoms with Crippen LogP contribution < -0.4 is 0 Å². The second kappa shape index (κ2) is 4.94. The Labute approximate surface area is 108 Å². The number of nitrogens with zero attached hydrogens (tertiary/aromatic N) is 1. The minimum atomic E-state index is -0.406. The predicted octanol–water partition coefficient (Wildman–Crippen LogP) is 2.19. The maximum atomic E-state index is 11.9. The van der Waals surface area contributed by atoms with Crippen LogP contribution in [0.25, 0.3) is 6.08 Å². The lowest BCUT2D eigenvalue weighted by atomic mass is 10.1. The maximum Gasteiger partial charge on any atom is 0.228 e. The third-order valence-corrected chi connectivity index (χ3v) is 3.43. The van der Waals surface area contributed by atoms with Crippen molar-refractivity contribution in [1.82, 2.24) is 4.90 Å². The summed E-state index contributed by atoms with van der Waals surface area (Å²) in [4.78, 5) is 13.5. The summed E-state index contributed by atoms with van der Waals surface area (Å²) in [5.41, 5.74) is 0.717. The first-order chi connectivity index (χ1) is 8.59. The Balaban J connectivity index is 2.08. The normalized spacial score (nSPS) is 26.3. The summed E-state index contributed by atoms with van der Waals surface area (Å²) in [7, 11) is 5.22. The Morgan fingerprint density at radius 3 is 2.61 bits per heavy atom. The van der Waals surface area contributed by atoms with Crippen molar-refractivity contribution < 1.29 is 9.53 Å². The van der Waals surface area contributed by atoms with E-state index in [0.717, 1.165) is 12.0 Å². The van der Waals surface area contributed by atoms with Gasteiger partial charge in [0.1, 0.15) is 0 Å². The number of hydrogen-bond donors (Lipinski definition) is 0. The number of benzene rings is 1.